The summed E-state index contributed by atoms with van der Waals surface area (Å²) in [5.74, 6) is 13.0. The summed E-state index contributed by atoms with van der Waals surface area (Å²) in [5, 5.41) is 20.0. The summed E-state index contributed by atoms with van der Waals surface area (Å²) in [6.45, 7) is 2.18. The first-order chi connectivity index (χ1) is 34.3. The average molecular weight is 960 g/mol. The fraction of sp³-hybridized carbons (Fsp3) is 0.948. The van der Waals surface area contributed by atoms with Crippen LogP contribution in [-0.2, 0) is 4.79 Å². The van der Waals surface area contributed by atoms with Crippen molar-refractivity contribution in [2.45, 2.75) is 215 Å². The Morgan fingerprint density at radius 1 is 0.543 bits per heavy atom. The molecule has 70 heavy (non-hydrogen) atoms. The van der Waals surface area contributed by atoms with Crippen LogP contribution in [-0.4, -0.2) is 91.4 Å². The van der Waals surface area contributed by atoms with E-state index in [1.165, 1.54) is 96.3 Å². The van der Waals surface area contributed by atoms with Crippen molar-refractivity contribution in [3.8, 4) is 0 Å². The predicted octanol–water partition coefficient (Wildman–Crippen LogP) is 6.25. The number of nitrogens with one attached hydrogen (secondary N) is 5. The topological polar surface area (TPSA) is 183 Å². The van der Waals surface area contributed by atoms with Crippen LogP contribution in [0.25, 0.3) is 0 Å². The van der Waals surface area contributed by atoms with E-state index in [0.717, 1.165) is 97.1 Å². The van der Waals surface area contributed by atoms with Gasteiger partial charge in [-0.2, -0.15) is 0 Å². The highest BCUT2D eigenvalue weighted by atomic mass is 16.1. The van der Waals surface area contributed by atoms with E-state index in [2.05, 4.69) is 36.5 Å². The van der Waals surface area contributed by atoms with Gasteiger partial charge in [-0.1, -0.05) is 0 Å². The van der Waals surface area contributed by atoms with E-state index >= 15 is 0 Å². The Morgan fingerprint density at radius 2 is 1.13 bits per heavy atom. The normalized spacial score (nSPS) is 58.4. The molecule has 11 N–H and O–H groups in total. The highest BCUT2D eigenvalue weighted by Gasteiger charge is 2.79. The van der Waals surface area contributed by atoms with Crippen LogP contribution < -0.4 is 43.8 Å². The summed E-state index contributed by atoms with van der Waals surface area (Å²) in [6, 6.07) is 3.24. The van der Waals surface area contributed by atoms with E-state index in [1.807, 2.05) is 12.7 Å². The first-order valence-electron chi connectivity index (χ1n) is 30.6. The van der Waals surface area contributed by atoms with E-state index in [1.54, 1.807) is 51.4 Å². The van der Waals surface area contributed by atoms with Gasteiger partial charge in [0, 0.05) is 61.1 Å². The maximum atomic E-state index is 12.0. The first-order valence-corrected chi connectivity index (χ1v) is 30.6. The second-order valence-corrected chi connectivity index (χ2v) is 28.4. The highest BCUT2D eigenvalue weighted by Crippen LogP contribution is 2.86. The molecule has 0 radical (unpaired) electrons. The molecule has 12 nitrogen and oxygen atoms in total. The zero-order valence-electron chi connectivity index (χ0n) is 42.7. The number of nitrogens with zero attached hydrogens (tertiary/aromatic N) is 3. The van der Waals surface area contributed by atoms with Crippen molar-refractivity contribution >= 4 is 18.6 Å². The summed E-state index contributed by atoms with van der Waals surface area (Å²) >= 11 is 0. The molecule has 24 unspecified atom stereocenters. The molecule has 9 saturated carbocycles. The van der Waals surface area contributed by atoms with Crippen molar-refractivity contribution in [3.63, 3.8) is 0 Å². The van der Waals surface area contributed by atoms with E-state index < -0.39 is 0 Å². The summed E-state index contributed by atoms with van der Waals surface area (Å²) < 4.78 is 0. The number of hydrogen-bond donors (Lipinski definition) is 8. The lowest BCUT2D eigenvalue weighted by Gasteiger charge is -2.63. The maximum Gasteiger partial charge on any atom is 0.220 e. The van der Waals surface area contributed by atoms with Crippen LogP contribution in [0.4, 0.5) is 0 Å². The fourth-order valence-corrected chi connectivity index (χ4v) is 23.8. The summed E-state index contributed by atoms with van der Waals surface area (Å²) in [6.07, 6.45) is 39.8. The standard InChI is InChI=1S/C58H93N11O/c59-52-50-41(26-62-55(50)65-28-63-52)35-5-3-32-9-15-46(67-48(32)23-35)31-2-1-30-7-11-38-25-45-40-12-14-44(40)58(38,43(30)13-8-31)57(45)19-17-34(18-20-57)47-16-10-33-4-6-36(24-49(33)68-47)42-27-69(39-21-37(22-39)54(61)70)56-51(42)53(60)64-29-66-56/h28-53,55-56,62,67-68H,1-27,59-60H2,(H2,61,70)(H,63,65)(H,64,66)/t30?,31?,32?,33?,34?,35?,36?,37-,38?,39+,40?,41?,42?,43?,44?,45?,46?,47?,48?,49?,50?,51?,52?,53?,55?,56?,57?,58?. The van der Waals surface area contributed by atoms with Gasteiger partial charge in [0.25, 0.3) is 0 Å². The van der Waals surface area contributed by atoms with Gasteiger partial charge in [0.15, 0.2) is 0 Å². The SMILES string of the molecule is NC(=O)[C@H]1C[C@@H](N2CC(C3CCC4CCC(C5CCC6(CC5)C5CC7CCC8CCC(C9CCC%10CCC(C%11CNC%12NC=NC(N)C%12%11)CC%10N9)CCC8C76C6CCC56)NC4C3)C3C(N)N=CNC32)C1. The lowest BCUT2D eigenvalue weighted by Crippen LogP contribution is -2.58. The zero-order valence-corrected chi connectivity index (χ0v) is 42.7. The van der Waals surface area contributed by atoms with Crippen LogP contribution in [0, 0.1) is 111 Å². The molecule has 0 aromatic rings. The largest absolute Gasteiger partial charge is 0.369 e. The van der Waals surface area contributed by atoms with Gasteiger partial charge in [0.2, 0.25) is 5.91 Å². The molecule has 9 aliphatic carbocycles. The molecule has 6 aliphatic heterocycles. The summed E-state index contributed by atoms with van der Waals surface area (Å²) in [4.78, 5) is 24.0. The van der Waals surface area contributed by atoms with Gasteiger partial charge in [0.1, 0.15) is 12.3 Å². The molecule has 13 fully saturated rings. The maximum absolute atomic E-state index is 12.0. The van der Waals surface area contributed by atoms with Gasteiger partial charge in [-0.25, -0.2) is 0 Å². The number of rotatable bonds is 6. The number of likely N-dealkylation sites (tertiary alicyclic amines) is 1. The zero-order chi connectivity index (χ0) is 46.6. The third-order valence-electron chi connectivity index (χ3n) is 26.8. The molecule has 12 heteroatoms. The highest BCUT2D eigenvalue weighted by molar-refractivity contribution is 5.77. The van der Waals surface area contributed by atoms with Crippen molar-refractivity contribution in [1.29, 1.82) is 0 Å². The van der Waals surface area contributed by atoms with Gasteiger partial charge < -0.3 is 38.5 Å². The molecule has 2 bridgehead atoms. The minimum Gasteiger partial charge on any atom is -0.369 e. The number of carbonyl (C=O) groups is 1. The second kappa shape index (κ2) is 17.4. The smallest absolute Gasteiger partial charge is 0.220 e. The van der Waals surface area contributed by atoms with Crippen LogP contribution in [0.1, 0.15) is 161 Å². The average Bonchev–Trinajstić information content (AvgIpc) is 4.01. The molecule has 24 atom stereocenters. The predicted molar refractivity (Wildman–Crippen MR) is 276 cm³/mol. The molecule has 2 spiro atoms. The van der Waals surface area contributed by atoms with Crippen LogP contribution in [0.5, 0.6) is 0 Å². The van der Waals surface area contributed by atoms with Crippen molar-refractivity contribution in [1.82, 2.24) is 31.5 Å². The van der Waals surface area contributed by atoms with Crippen molar-refractivity contribution in [2.75, 3.05) is 13.1 Å². The number of nitrogens with two attached hydrogens (primary N) is 3. The molecule has 4 saturated heterocycles. The van der Waals surface area contributed by atoms with Gasteiger partial charge in [-0.05, 0) is 254 Å². The number of amides is 1. The number of aliphatic imine (C=N–C) groups is 2. The molecule has 0 aromatic carbocycles. The number of hydrogen-bond acceptors (Lipinski definition) is 11. The van der Waals surface area contributed by atoms with Gasteiger partial charge in [-0.15, -0.1) is 0 Å². The van der Waals surface area contributed by atoms with Crippen LogP contribution in [0.2, 0.25) is 0 Å². The fourth-order valence-electron chi connectivity index (χ4n) is 23.8. The third kappa shape index (κ3) is 6.74. The number of primary amides is 1. The Balaban J connectivity index is 0.609. The first kappa shape index (κ1) is 45.6. The third-order valence-corrected chi connectivity index (χ3v) is 26.8. The minimum absolute atomic E-state index is 0.0369. The monoisotopic (exact) mass is 960 g/mol. The van der Waals surface area contributed by atoms with Gasteiger partial charge in [0.05, 0.1) is 25.0 Å². The Kier molecular flexibility index (Phi) is 11.3. The number of piperidine rings is 2. The molecule has 1 amide bonds. The van der Waals surface area contributed by atoms with E-state index in [9.17, 15) is 4.79 Å². The second-order valence-electron chi connectivity index (χ2n) is 28.4. The molecular weight excluding hydrogens is 867 g/mol. The molecule has 0 aromatic heterocycles. The molecular formula is C58H93N11O. The summed E-state index contributed by atoms with van der Waals surface area (Å²) in [5.41, 5.74) is 20.6. The van der Waals surface area contributed by atoms with E-state index in [4.69, 9.17) is 22.2 Å². The van der Waals surface area contributed by atoms with E-state index in [-0.39, 0.29) is 30.3 Å². The number of carbonyl (C=O) groups excluding carboxylic acids is 1. The van der Waals surface area contributed by atoms with Crippen molar-refractivity contribution in [3.05, 3.63) is 0 Å². The minimum atomic E-state index is -0.141. The Morgan fingerprint density at radius 3 is 1.83 bits per heavy atom. The van der Waals surface area contributed by atoms with Gasteiger partial charge >= 0.3 is 0 Å². The van der Waals surface area contributed by atoms with Crippen LogP contribution >= 0.6 is 0 Å². The van der Waals surface area contributed by atoms with Crippen molar-refractivity contribution < 1.29 is 4.79 Å². The molecule has 15 rings (SSSR count). The Hall–Kier alpha value is -1.83. The van der Waals surface area contributed by atoms with Crippen LogP contribution in [0.3, 0.4) is 0 Å². The number of fused-ring (bicyclic) bond motifs is 7. The van der Waals surface area contributed by atoms with Crippen molar-refractivity contribution in [2.24, 2.45) is 139 Å². The van der Waals surface area contributed by atoms with Gasteiger partial charge in [-0.3, -0.25) is 25.0 Å². The quantitative estimate of drug-likeness (QED) is 0.153. The van der Waals surface area contributed by atoms with E-state index in [0.29, 0.717) is 70.8 Å². The molecule has 15 aliphatic rings. The Bertz CT molecular complexity index is 2030. The summed E-state index contributed by atoms with van der Waals surface area (Å²) in [7, 11) is 0. The Labute approximate surface area is 420 Å². The van der Waals surface area contributed by atoms with Crippen LogP contribution in [0.15, 0.2) is 9.98 Å². The lowest BCUT2D eigenvalue weighted by atomic mass is 9.42. The lowest BCUT2D eigenvalue weighted by molar-refractivity contribution is -0.147. The molecule has 6 heterocycles. The molecule has 386 valence electrons.